The van der Waals surface area contributed by atoms with Crippen molar-refractivity contribution in [2.75, 3.05) is 18.0 Å². The van der Waals surface area contributed by atoms with Crippen LogP contribution in [0.2, 0.25) is 0 Å². The molecular weight excluding hydrogens is 282 g/mol. The Bertz CT molecular complexity index is 585. The number of piperidine rings is 1. The number of rotatable bonds is 4. The number of pyridine rings is 1. The largest absolute Gasteiger partial charge is 0.356 e. The summed E-state index contributed by atoms with van der Waals surface area (Å²) >= 11 is 0. The van der Waals surface area contributed by atoms with Crippen molar-refractivity contribution in [1.29, 1.82) is 0 Å². The van der Waals surface area contributed by atoms with Crippen molar-refractivity contribution in [3.8, 4) is 0 Å². The number of aromatic nitrogens is 1. The van der Waals surface area contributed by atoms with Crippen molar-refractivity contribution in [2.24, 2.45) is 5.92 Å². The van der Waals surface area contributed by atoms with Crippen LogP contribution < -0.4 is 10.2 Å². The van der Waals surface area contributed by atoms with Gasteiger partial charge >= 0.3 is 0 Å². The number of carbonyl (C=O) groups excluding carboxylic acids is 3. The third kappa shape index (κ3) is 3.00. The van der Waals surface area contributed by atoms with Crippen LogP contribution in [0.5, 0.6) is 0 Å². The molecule has 0 radical (unpaired) electrons. The molecule has 116 valence electrons. The maximum atomic E-state index is 11.9. The predicted octanol–water partition coefficient (Wildman–Crippen LogP) is 1.02. The molecule has 3 rings (SSSR count). The van der Waals surface area contributed by atoms with Crippen LogP contribution in [0.1, 0.15) is 37.2 Å². The lowest BCUT2D eigenvalue weighted by Gasteiger charge is -2.22. The van der Waals surface area contributed by atoms with E-state index in [0.717, 1.165) is 37.2 Å². The summed E-state index contributed by atoms with van der Waals surface area (Å²) in [5, 5.41) is 2.37. The average Bonchev–Trinajstić information content (AvgIpc) is 2.97. The lowest BCUT2D eigenvalue weighted by molar-refractivity contribution is -0.134. The van der Waals surface area contributed by atoms with Crippen LogP contribution in [0.25, 0.3) is 0 Å². The van der Waals surface area contributed by atoms with Crippen molar-refractivity contribution in [2.45, 2.75) is 31.6 Å². The van der Waals surface area contributed by atoms with Crippen LogP contribution in [-0.2, 0) is 14.4 Å². The fourth-order valence-electron chi connectivity index (χ4n) is 3.17. The number of amides is 2. The van der Waals surface area contributed by atoms with Crippen LogP contribution in [0.3, 0.4) is 0 Å². The molecule has 2 saturated heterocycles. The van der Waals surface area contributed by atoms with E-state index < -0.39 is 0 Å². The molecule has 0 spiro atoms. The summed E-state index contributed by atoms with van der Waals surface area (Å²) in [6.45, 7) is 1.76. The Labute approximate surface area is 128 Å². The first-order chi connectivity index (χ1) is 10.7. The van der Waals surface area contributed by atoms with Gasteiger partial charge in [-0.25, -0.2) is 4.98 Å². The van der Waals surface area contributed by atoms with E-state index in [-0.39, 0.29) is 17.7 Å². The quantitative estimate of drug-likeness (QED) is 0.663. The molecule has 6 nitrogen and oxygen atoms in total. The number of imide groups is 1. The Morgan fingerprint density at radius 3 is 2.86 bits per heavy atom. The lowest BCUT2D eigenvalue weighted by atomic mass is 9.92. The van der Waals surface area contributed by atoms with Gasteiger partial charge in [0.05, 0.1) is 5.92 Å². The molecule has 0 bridgehead atoms. The van der Waals surface area contributed by atoms with E-state index in [9.17, 15) is 14.4 Å². The maximum Gasteiger partial charge on any atom is 0.234 e. The van der Waals surface area contributed by atoms with Gasteiger partial charge in [-0.2, -0.15) is 0 Å². The third-order valence-electron chi connectivity index (χ3n) is 4.45. The van der Waals surface area contributed by atoms with Crippen LogP contribution in [0, 0.1) is 5.92 Å². The summed E-state index contributed by atoms with van der Waals surface area (Å²) < 4.78 is 0. The van der Waals surface area contributed by atoms with E-state index >= 15 is 0 Å². The first-order valence-corrected chi connectivity index (χ1v) is 7.65. The number of anilines is 1. The molecule has 2 aliphatic heterocycles. The lowest BCUT2D eigenvalue weighted by Crippen LogP contribution is -2.39. The number of nitrogens with zero attached hydrogens (tertiary/aromatic N) is 2. The van der Waals surface area contributed by atoms with E-state index in [4.69, 9.17) is 0 Å². The monoisotopic (exact) mass is 301 g/mol. The van der Waals surface area contributed by atoms with Gasteiger partial charge in [0, 0.05) is 32.1 Å². The number of hydrogen-bond donors (Lipinski definition) is 1. The molecule has 3 heterocycles. The van der Waals surface area contributed by atoms with Crippen LogP contribution in [0.15, 0.2) is 18.3 Å². The van der Waals surface area contributed by atoms with E-state index in [1.54, 1.807) is 6.20 Å². The molecule has 1 N–H and O–H groups in total. The molecule has 2 amide bonds. The Hall–Kier alpha value is -2.24. The standard InChI is InChI=1S/C16H19N3O3/c20-8-6-11-5-7-19(10-11)14-3-1-12(9-17-14)13-2-4-15(21)18-16(13)22/h1,3,8-9,11,13H,2,4-7,10H2,(H,18,21,22)/t11-,13?/m1/s1. The SMILES string of the molecule is O=CC[C@H]1CCN(c2ccc(C3CCC(=O)NC3=O)cn2)C1. The topological polar surface area (TPSA) is 79.4 Å². The number of aldehydes is 1. The molecular formula is C16H19N3O3. The zero-order valence-corrected chi connectivity index (χ0v) is 12.3. The summed E-state index contributed by atoms with van der Waals surface area (Å²) in [4.78, 5) is 40.2. The third-order valence-corrected chi connectivity index (χ3v) is 4.45. The van der Waals surface area contributed by atoms with Crippen molar-refractivity contribution >= 4 is 23.9 Å². The molecule has 2 aliphatic rings. The summed E-state index contributed by atoms with van der Waals surface area (Å²) in [7, 11) is 0. The number of hydrogen-bond acceptors (Lipinski definition) is 5. The van der Waals surface area contributed by atoms with Crippen LogP contribution >= 0.6 is 0 Å². The Kier molecular flexibility index (Phi) is 4.18. The highest BCUT2D eigenvalue weighted by Gasteiger charge is 2.28. The van der Waals surface area contributed by atoms with Gasteiger partial charge in [0.15, 0.2) is 0 Å². The minimum atomic E-state index is -0.291. The molecule has 0 aliphatic carbocycles. The molecule has 1 aromatic rings. The van der Waals surface area contributed by atoms with Crippen LogP contribution in [-0.4, -0.2) is 36.2 Å². The smallest absolute Gasteiger partial charge is 0.234 e. The molecule has 1 unspecified atom stereocenters. The van der Waals surface area contributed by atoms with E-state index in [1.165, 1.54) is 0 Å². The van der Waals surface area contributed by atoms with Gasteiger partial charge in [-0.3, -0.25) is 14.9 Å². The highest BCUT2D eigenvalue weighted by molar-refractivity contribution is 6.00. The Balaban J connectivity index is 1.67. The molecule has 1 aromatic heterocycles. The van der Waals surface area contributed by atoms with Gasteiger partial charge in [-0.15, -0.1) is 0 Å². The van der Waals surface area contributed by atoms with E-state index in [0.29, 0.717) is 25.2 Å². The number of carbonyl (C=O) groups is 3. The van der Waals surface area contributed by atoms with Gasteiger partial charge in [0.1, 0.15) is 12.1 Å². The van der Waals surface area contributed by atoms with Gasteiger partial charge in [0.25, 0.3) is 0 Å². The van der Waals surface area contributed by atoms with Gasteiger partial charge in [-0.05, 0) is 30.4 Å². The summed E-state index contributed by atoms with van der Waals surface area (Å²) in [5.74, 6) is 0.557. The fraction of sp³-hybridized carbons (Fsp3) is 0.500. The average molecular weight is 301 g/mol. The first-order valence-electron chi connectivity index (χ1n) is 7.65. The summed E-state index contributed by atoms with van der Waals surface area (Å²) in [5.41, 5.74) is 0.845. The first kappa shape index (κ1) is 14.7. The van der Waals surface area contributed by atoms with E-state index in [1.807, 2.05) is 12.1 Å². The van der Waals surface area contributed by atoms with Crippen LogP contribution in [0.4, 0.5) is 5.82 Å². The second-order valence-corrected chi connectivity index (χ2v) is 5.96. The molecule has 22 heavy (non-hydrogen) atoms. The van der Waals surface area contributed by atoms with E-state index in [2.05, 4.69) is 15.2 Å². The normalized spacial score (nSPS) is 25.2. The van der Waals surface area contributed by atoms with Gasteiger partial charge in [-0.1, -0.05) is 6.07 Å². The zero-order chi connectivity index (χ0) is 15.5. The molecule has 0 aromatic carbocycles. The maximum absolute atomic E-state index is 11.9. The van der Waals surface area contributed by atoms with Gasteiger partial charge in [0.2, 0.25) is 11.8 Å². The van der Waals surface area contributed by atoms with Crippen molar-refractivity contribution < 1.29 is 14.4 Å². The van der Waals surface area contributed by atoms with Crippen molar-refractivity contribution in [1.82, 2.24) is 10.3 Å². The number of nitrogens with one attached hydrogen (secondary N) is 1. The predicted molar refractivity (Wildman–Crippen MR) is 80.4 cm³/mol. The second kappa shape index (κ2) is 6.25. The summed E-state index contributed by atoms with van der Waals surface area (Å²) in [6, 6.07) is 3.83. The van der Waals surface area contributed by atoms with Crippen molar-refractivity contribution in [3.05, 3.63) is 23.9 Å². The molecule has 6 heteroatoms. The highest BCUT2D eigenvalue weighted by atomic mass is 16.2. The fourth-order valence-corrected chi connectivity index (χ4v) is 3.17. The highest BCUT2D eigenvalue weighted by Crippen LogP contribution is 2.27. The van der Waals surface area contributed by atoms with Crippen molar-refractivity contribution in [3.63, 3.8) is 0 Å². The molecule has 2 fully saturated rings. The minimum Gasteiger partial charge on any atom is -0.356 e. The zero-order valence-electron chi connectivity index (χ0n) is 12.3. The second-order valence-electron chi connectivity index (χ2n) is 5.96. The minimum absolute atomic E-state index is 0.205. The molecule has 2 atom stereocenters. The van der Waals surface area contributed by atoms with Gasteiger partial charge < -0.3 is 9.69 Å². The molecule has 0 saturated carbocycles. The summed E-state index contributed by atoms with van der Waals surface area (Å²) in [6.07, 6.45) is 5.23. The Morgan fingerprint density at radius 1 is 1.32 bits per heavy atom. The Morgan fingerprint density at radius 2 is 2.18 bits per heavy atom.